The van der Waals surface area contributed by atoms with E-state index in [-0.39, 0.29) is 41.3 Å². The zero-order valence-electron chi connectivity index (χ0n) is 18.4. The van der Waals surface area contributed by atoms with Gasteiger partial charge >= 0.3 is 0 Å². The van der Waals surface area contributed by atoms with E-state index in [0.29, 0.717) is 31.7 Å². The van der Waals surface area contributed by atoms with Gasteiger partial charge in [-0.15, -0.1) is 24.0 Å². The number of aliphatic imine (C=N–C) groups is 1. The molecule has 0 amide bonds. The van der Waals surface area contributed by atoms with Crippen LogP contribution in [-0.4, -0.2) is 64.3 Å². The van der Waals surface area contributed by atoms with Crippen molar-refractivity contribution < 1.29 is 12.8 Å². The first-order valence-corrected chi connectivity index (χ1v) is 12.6. The highest BCUT2D eigenvalue weighted by atomic mass is 127. The van der Waals surface area contributed by atoms with Crippen molar-refractivity contribution in [2.24, 2.45) is 4.99 Å². The fourth-order valence-electron chi connectivity index (χ4n) is 3.66. The Morgan fingerprint density at radius 2 is 1.69 bits per heavy atom. The second-order valence-corrected chi connectivity index (χ2v) is 9.78. The van der Waals surface area contributed by atoms with Gasteiger partial charge in [0.25, 0.3) is 0 Å². The van der Waals surface area contributed by atoms with Crippen molar-refractivity contribution in [3.63, 3.8) is 0 Å². The molecule has 0 spiro atoms. The molecule has 0 aromatic heterocycles. The second kappa shape index (κ2) is 13.0. The van der Waals surface area contributed by atoms with Crippen LogP contribution >= 0.6 is 24.0 Å². The van der Waals surface area contributed by atoms with Gasteiger partial charge in [-0.2, -0.15) is 0 Å². The summed E-state index contributed by atoms with van der Waals surface area (Å²) in [5.41, 5.74) is 1.44. The van der Waals surface area contributed by atoms with Crippen molar-refractivity contribution in [1.29, 1.82) is 0 Å². The fourth-order valence-corrected chi connectivity index (χ4v) is 5.08. The second-order valence-electron chi connectivity index (χ2n) is 7.59. The number of benzene rings is 2. The number of hydrogen-bond donors (Lipinski definition) is 1. The molecule has 2 aromatic rings. The summed E-state index contributed by atoms with van der Waals surface area (Å²) >= 11 is 0. The lowest BCUT2D eigenvalue weighted by Gasteiger charge is -2.37. The van der Waals surface area contributed by atoms with Gasteiger partial charge in [-0.05, 0) is 31.0 Å². The predicted molar refractivity (Wildman–Crippen MR) is 140 cm³/mol. The average molecular weight is 575 g/mol. The van der Waals surface area contributed by atoms with Crippen molar-refractivity contribution in [2.45, 2.75) is 19.1 Å². The lowest BCUT2D eigenvalue weighted by atomic mass is 10.2. The monoisotopic (exact) mass is 574 g/mol. The smallest absolute Gasteiger partial charge is 0.194 e. The van der Waals surface area contributed by atoms with Crippen LogP contribution in [0.15, 0.2) is 59.6 Å². The van der Waals surface area contributed by atoms with E-state index in [1.807, 2.05) is 48.2 Å². The van der Waals surface area contributed by atoms with Gasteiger partial charge in [0.1, 0.15) is 5.82 Å². The molecule has 0 atom stereocenters. The highest BCUT2D eigenvalue weighted by Gasteiger charge is 2.21. The number of guanidine groups is 1. The topological polar surface area (TPSA) is 65.0 Å². The van der Waals surface area contributed by atoms with Gasteiger partial charge in [-0.3, -0.25) is 4.99 Å². The molecule has 0 bridgehead atoms. The zero-order chi connectivity index (χ0) is 22.1. The van der Waals surface area contributed by atoms with Crippen molar-refractivity contribution in [2.75, 3.05) is 49.9 Å². The minimum Gasteiger partial charge on any atom is -0.366 e. The molecule has 0 unspecified atom stereocenters. The Morgan fingerprint density at radius 1 is 1.03 bits per heavy atom. The number of anilines is 1. The largest absolute Gasteiger partial charge is 0.366 e. The van der Waals surface area contributed by atoms with E-state index >= 15 is 0 Å². The van der Waals surface area contributed by atoms with Crippen molar-refractivity contribution in [3.05, 3.63) is 66.0 Å². The third-order valence-corrected chi connectivity index (χ3v) is 6.90. The normalized spacial score (nSPS) is 14.8. The third-order valence-electron chi connectivity index (χ3n) is 5.21. The maximum absolute atomic E-state index is 14.0. The molecule has 0 saturated carbocycles. The van der Waals surface area contributed by atoms with Gasteiger partial charge in [-0.1, -0.05) is 42.5 Å². The Hall–Kier alpha value is -1.88. The summed E-state index contributed by atoms with van der Waals surface area (Å²) in [7, 11) is -3.16. The third kappa shape index (κ3) is 7.91. The molecular weight excluding hydrogens is 542 g/mol. The van der Waals surface area contributed by atoms with Gasteiger partial charge in [0, 0.05) is 39.3 Å². The highest BCUT2D eigenvalue weighted by Crippen LogP contribution is 2.20. The van der Waals surface area contributed by atoms with Crippen LogP contribution in [0.3, 0.4) is 0 Å². The predicted octanol–water partition coefficient (Wildman–Crippen LogP) is 3.54. The average Bonchev–Trinajstić information content (AvgIpc) is 2.77. The molecule has 1 N–H and O–H groups in total. The van der Waals surface area contributed by atoms with E-state index in [4.69, 9.17) is 0 Å². The SMILES string of the molecule is CCNC(=NCCCS(=O)(=O)Cc1ccccc1)N1CCN(c2ccccc2F)CC1.I. The molecule has 0 aliphatic carbocycles. The Morgan fingerprint density at radius 3 is 2.34 bits per heavy atom. The molecule has 9 heteroatoms. The zero-order valence-corrected chi connectivity index (χ0v) is 21.6. The van der Waals surface area contributed by atoms with Crippen LogP contribution in [0, 0.1) is 5.82 Å². The van der Waals surface area contributed by atoms with Gasteiger partial charge in [0.2, 0.25) is 0 Å². The van der Waals surface area contributed by atoms with E-state index in [1.165, 1.54) is 6.07 Å². The van der Waals surface area contributed by atoms with E-state index in [0.717, 1.165) is 31.2 Å². The standard InChI is InChI=1S/C23H31FN4O2S.HI/c1-2-25-23(26-13-8-18-31(29,30)19-20-9-4-3-5-10-20)28-16-14-27(15-17-28)22-12-7-6-11-21(22)24;/h3-7,9-12H,2,8,13-19H2,1H3,(H,25,26);1H. The Labute approximate surface area is 207 Å². The van der Waals surface area contributed by atoms with E-state index in [2.05, 4.69) is 15.2 Å². The van der Waals surface area contributed by atoms with Crippen LogP contribution in [0.25, 0.3) is 0 Å². The molecule has 1 saturated heterocycles. The molecule has 6 nitrogen and oxygen atoms in total. The molecule has 1 heterocycles. The van der Waals surface area contributed by atoms with Crippen LogP contribution < -0.4 is 10.2 Å². The van der Waals surface area contributed by atoms with Crippen LogP contribution in [-0.2, 0) is 15.6 Å². The van der Waals surface area contributed by atoms with Crippen LogP contribution in [0.5, 0.6) is 0 Å². The van der Waals surface area contributed by atoms with E-state index in [1.54, 1.807) is 12.1 Å². The summed E-state index contributed by atoms with van der Waals surface area (Å²) in [4.78, 5) is 8.84. The summed E-state index contributed by atoms with van der Waals surface area (Å²) < 4.78 is 38.8. The van der Waals surface area contributed by atoms with E-state index in [9.17, 15) is 12.8 Å². The molecular formula is C23H32FIN4O2S. The molecule has 1 fully saturated rings. The number of rotatable bonds is 8. The van der Waals surface area contributed by atoms with Gasteiger partial charge in [0.15, 0.2) is 15.8 Å². The number of sulfone groups is 1. The summed E-state index contributed by atoms with van der Waals surface area (Å²) in [5.74, 6) is 0.769. The molecule has 176 valence electrons. The molecule has 0 radical (unpaired) electrons. The van der Waals surface area contributed by atoms with Crippen molar-refractivity contribution in [3.8, 4) is 0 Å². The van der Waals surface area contributed by atoms with Crippen molar-refractivity contribution in [1.82, 2.24) is 10.2 Å². The first kappa shape index (κ1) is 26.4. The van der Waals surface area contributed by atoms with Gasteiger partial charge < -0.3 is 15.1 Å². The summed E-state index contributed by atoms with van der Waals surface area (Å²) in [6.45, 7) is 6.06. The lowest BCUT2D eigenvalue weighted by Crippen LogP contribution is -2.52. The minimum atomic E-state index is -3.16. The number of hydrogen-bond acceptors (Lipinski definition) is 4. The molecule has 1 aliphatic heterocycles. The summed E-state index contributed by atoms with van der Waals surface area (Å²) in [5, 5.41) is 3.29. The fraction of sp³-hybridized carbons (Fsp3) is 0.435. The first-order valence-electron chi connectivity index (χ1n) is 10.8. The van der Waals surface area contributed by atoms with Gasteiger partial charge in [0.05, 0.1) is 17.2 Å². The molecule has 1 aliphatic rings. The van der Waals surface area contributed by atoms with Crippen LogP contribution in [0.2, 0.25) is 0 Å². The number of nitrogens with zero attached hydrogens (tertiary/aromatic N) is 3. The number of nitrogens with one attached hydrogen (secondary N) is 1. The highest BCUT2D eigenvalue weighted by molar-refractivity contribution is 14.0. The molecule has 3 rings (SSSR count). The Bertz CT molecular complexity index is 965. The van der Waals surface area contributed by atoms with Crippen LogP contribution in [0.1, 0.15) is 18.9 Å². The molecule has 32 heavy (non-hydrogen) atoms. The van der Waals surface area contributed by atoms with Gasteiger partial charge in [-0.25, -0.2) is 12.8 Å². The lowest BCUT2D eigenvalue weighted by molar-refractivity contribution is 0.371. The number of para-hydroxylation sites is 1. The maximum Gasteiger partial charge on any atom is 0.194 e. The minimum absolute atomic E-state index is 0. The summed E-state index contributed by atoms with van der Waals surface area (Å²) in [6.07, 6.45) is 0.485. The maximum atomic E-state index is 14.0. The van der Waals surface area contributed by atoms with Crippen LogP contribution in [0.4, 0.5) is 10.1 Å². The Balaban J connectivity index is 0.00000363. The number of piperazine rings is 1. The van der Waals surface area contributed by atoms with Crippen molar-refractivity contribution >= 4 is 45.5 Å². The number of halogens is 2. The summed E-state index contributed by atoms with van der Waals surface area (Å²) in [6, 6.07) is 16.1. The van der Waals surface area contributed by atoms with E-state index < -0.39 is 9.84 Å². The molecule has 2 aromatic carbocycles. The first-order chi connectivity index (χ1) is 15.0. The Kier molecular flexibility index (Phi) is 10.7. The quantitative estimate of drug-likeness (QED) is 0.226.